The fraction of sp³-hybridized carbons (Fsp3) is 0.625. The number of likely N-dealkylation sites (N-methyl/N-ethyl adjacent to an activating group) is 2. The summed E-state index contributed by atoms with van der Waals surface area (Å²) in [6.45, 7) is 11.5. The maximum atomic E-state index is 14.3. The lowest BCUT2D eigenvalue weighted by molar-refractivity contribution is 0.0926. The predicted molar refractivity (Wildman–Crippen MR) is 79.9 cm³/mol. The average molecular weight is 284 g/mol. The zero-order valence-electron chi connectivity index (χ0n) is 13.3. The minimum absolute atomic E-state index is 0.280. The van der Waals surface area contributed by atoms with Crippen LogP contribution in [0.4, 0.5) is 8.78 Å². The number of aryl methyl sites for hydroxylation is 1. The third-order valence-corrected chi connectivity index (χ3v) is 4.19. The number of hydrogen-bond acceptors (Lipinski definition) is 2. The van der Waals surface area contributed by atoms with Gasteiger partial charge in [-0.3, -0.25) is 4.90 Å². The van der Waals surface area contributed by atoms with Crippen molar-refractivity contribution in [1.82, 2.24) is 10.2 Å². The highest BCUT2D eigenvalue weighted by atomic mass is 19.2. The summed E-state index contributed by atoms with van der Waals surface area (Å²) in [5.41, 5.74) is 0.398. The van der Waals surface area contributed by atoms with Crippen molar-refractivity contribution in [3.63, 3.8) is 0 Å². The molecule has 1 N–H and O–H groups in total. The maximum absolute atomic E-state index is 14.3. The third kappa shape index (κ3) is 3.01. The topological polar surface area (TPSA) is 15.3 Å². The summed E-state index contributed by atoms with van der Waals surface area (Å²) in [6, 6.07) is 3.04. The number of nitrogens with one attached hydrogen (secondary N) is 1. The monoisotopic (exact) mass is 284 g/mol. The second kappa shape index (κ2) is 6.64. The molecule has 0 spiro atoms. The molecule has 1 rings (SSSR count). The van der Waals surface area contributed by atoms with Crippen molar-refractivity contribution in [2.45, 2.75) is 46.2 Å². The van der Waals surface area contributed by atoms with E-state index in [4.69, 9.17) is 0 Å². The van der Waals surface area contributed by atoms with E-state index in [1.54, 1.807) is 26.1 Å². The third-order valence-electron chi connectivity index (χ3n) is 4.19. The van der Waals surface area contributed by atoms with Crippen LogP contribution in [0.2, 0.25) is 0 Å². The zero-order chi connectivity index (χ0) is 15.5. The molecule has 0 radical (unpaired) electrons. The van der Waals surface area contributed by atoms with Gasteiger partial charge in [-0.1, -0.05) is 26.0 Å². The molecular formula is C16H26F2N2. The normalized spacial score (nSPS) is 13.8. The lowest BCUT2D eigenvalue weighted by Gasteiger charge is -2.43. The van der Waals surface area contributed by atoms with Crippen LogP contribution in [-0.2, 0) is 0 Å². The van der Waals surface area contributed by atoms with Crippen LogP contribution in [0, 0.1) is 18.6 Å². The quantitative estimate of drug-likeness (QED) is 0.857. The SMILES string of the molecule is CCN(CC)C(C)(C)C(NC)c1ccc(C)c(F)c1F. The van der Waals surface area contributed by atoms with Gasteiger partial charge >= 0.3 is 0 Å². The summed E-state index contributed by atoms with van der Waals surface area (Å²) in [4.78, 5) is 2.24. The molecule has 1 aromatic rings. The Bertz CT molecular complexity index is 454. The molecule has 0 amide bonds. The van der Waals surface area contributed by atoms with Gasteiger partial charge in [0.15, 0.2) is 11.6 Å². The lowest BCUT2D eigenvalue weighted by atomic mass is 9.86. The largest absolute Gasteiger partial charge is 0.311 e. The van der Waals surface area contributed by atoms with Crippen molar-refractivity contribution in [2.75, 3.05) is 20.1 Å². The maximum Gasteiger partial charge on any atom is 0.163 e. The minimum Gasteiger partial charge on any atom is -0.311 e. The highest BCUT2D eigenvalue weighted by Crippen LogP contribution is 2.33. The van der Waals surface area contributed by atoms with Crippen molar-refractivity contribution >= 4 is 0 Å². The summed E-state index contributed by atoms with van der Waals surface area (Å²) in [5, 5.41) is 3.15. The number of halogens is 2. The first kappa shape index (κ1) is 17.1. The summed E-state index contributed by atoms with van der Waals surface area (Å²) >= 11 is 0. The fourth-order valence-corrected chi connectivity index (χ4v) is 2.99. The van der Waals surface area contributed by atoms with E-state index in [1.807, 2.05) is 0 Å². The van der Waals surface area contributed by atoms with Gasteiger partial charge in [0.2, 0.25) is 0 Å². The first-order chi connectivity index (χ1) is 9.31. The Balaban J connectivity index is 3.29. The minimum atomic E-state index is -0.752. The standard InChI is InChI=1S/C16H26F2N2/c1-7-20(8-2)16(4,5)15(19-6)12-10-9-11(3)13(17)14(12)18/h9-10,15,19H,7-8H2,1-6H3. The van der Waals surface area contributed by atoms with Crippen LogP contribution in [0.3, 0.4) is 0 Å². The number of benzene rings is 1. The predicted octanol–water partition coefficient (Wildman–Crippen LogP) is 3.65. The first-order valence-electron chi connectivity index (χ1n) is 7.17. The smallest absolute Gasteiger partial charge is 0.163 e. The van der Waals surface area contributed by atoms with Crippen LogP contribution in [0.25, 0.3) is 0 Å². The molecule has 20 heavy (non-hydrogen) atoms. The Morgan fingerprint density at radius 2 is 1.70 bits per heavy atom. The van der Waals surface area contributed by atoms with Crippen molar-refractivity contribution in [1.29, 1.82) is 0 Å². The van der Waals surface area contributed by atoms with Gasteiger partial charge in [-0.2, -0.15) is 0 Å². The van der Waals surface area contributed by atoms with E-state index < -0.39 is 11.6 Å². The Kier molecular flexibility index (Phi) is 5.66. The molecule has 0 aliphatic rings. The molecule has 1 atom stereocenters. The van der Waals surface area contributed by atoms with Gasteiger partial charge in [-0.05, 0) is 46.5 Å². The molecule has 0 saturated carbocycles. The van der Waals surface area contributed by atoms with Gasteiger partial charge in [0, 0.05) is 11.1 Å². The van der Waals surface area contributed by atoms with Crippen LogP contribution >= 0.6 is 0 Å². The van der Waals surface area contributed by atoms with E-state index in [0.717, 1.165) is 13.1 Å². The summed E-state index contributed by atoms with van der Waals surface area (Å²) < 4.78 is 28.1. The molecule has 0 aliphatic carbocycles. The van der Waals surface area contributed by atoms with Gasteiger partial charge in [0.05, 0.1) is 6.04 Å². The van der Waals surface area contributed by atoms with E-state index in [0.29, 0.717) is 11.1 Å². The molecule has 0 saturated heterocycles. The molecular weight excluding hydrogens is 258 g/mol. The zero-order valence-corrected chi connectivity index (χ0v) is 13.3. The van der Waals surface area contributed by atoms with Gasteiger partial charge in [-0.15, -0.1) is 0 Å². The van der Waals surface area contributed by atoms with Crippen molar-refractivity contribution in [3.8, 4) is 0 Å². The summed E-state index contributed by atoms with van der Waals surface area (Å²) in [7, 11) is 1.78. The van der Waals surface area contributed by atoms with Crippen LogP contribution in [0.15, 0.2) is 12.1 Å². The molecule has 0 bridgehead atoms. The van der Waals surface area contributed by atoms with Gasteiger partial charge in [0.1, 0.15) is 0 Å². The van der Waals surface area contributed by atoms with Crippen LogP contribution in [0.5, 0.6) is 0 Å². The number of rotatable bonds is 6. The Hall–Kier alpha value is -1.00. The molecule has 1 unspecified atom stereocenters. The molecule has 2 nitrogen and oxygen atoms in total. The second-order valence-electron chi connectivity index (χ2n) is 5.65. The highest BCUT2D eigenvalue weighted by molar-refractivity contribution is 5.30. The molecule has 0 aliphatic heterocycles. The van der Waals surface area contributed by atoms with Crippen LogP contribution < -0.4 is 5.32 Å². The van der Waals surface area contributed by atoms with Gasteiger partial charge in [-0.25, -0.2) is 8.78 Å². The Morgan fingerprint density at radius 1 is 1.15 bits per heavy atom. The molecule has 114 valence electrons. The molecule has 0 heterocycles. The molecule has 0 fully saturated rings. The Morgan fingerprint density at radius 3 is 2.15 bits per heavy atom. The second-order valence-corrected chi connectivity index (χ2v) is 5.65. The summed E-state index contributed by atoms with van der Waals surface area (Å²) in [5.74, 6) is -1.50. The van der Waals surface area contributed by atoms with Gasteiger partial charge < -0.3 is 5.32 Å². The first-order valence-corrected chi connectivity index (χ1v) is 7.17. The Labute approximate surface area is 121 Å². The highest BCUT2D eigenvalue weighted by Gasteiger charge is 2.36. The van der Waals surface area contributed by atoms with E-state index in [2.05, 4.69) is 37.9 Å². The van der Waals surface area contributed by atoms with E-state index in [9.17, 15) is 8.78 Å². The lowest BCUT2D eigenvalue weighted by Crippen LogP contribution is -2.52. The number of hydrogen-bond donors (Lipinski definition) is 1. The van der Waals surface area contributed by atoms with Crippen LogP contribution in [-0.4, -0.2) is 30.6 Å². The molecule has 1 aromatic carbocycles. The molecule has 4 heteroatoms. The summed E-state index contributed by atoms with van der Waals surface area (Å²) in [6.07, 6.45) is 0. The van der Waals surface area contributed by atoms with E-state index >= 15 is 0 Å². The molecule has 0 aromatic heterocycles. The fourth-order valence-electron chi connectivity index (χ4n) is 2.99. The van der Waals surface area contributed by atoms with Crippen molar-refractivity contribution < 1.29 is 8.78 Å². The van der Waals surface area contributed by atoms with Crippen LogP contribution in [0.1, 0.15) is 44.9 Å². The van der Waals surface area contributed by atoms with Gasteiger partial charge in [0.25, 0.3) is 0 Å². The van der Waals surface area contributed by atoms with Crippen molar-refractivity contribution in [3.05, 3.63) is 34.9 Å². The van der Waals surface area contributed by atoms with E-state index in [-0.39, 0.29) is 11.6 Å². The van der Waals surface area contributed by atoms with Crippen molar-refractivity contribution in [2.24, 2.45) is 0 Å². The average Bonchev–Trinajstić information content (AvgIpc) is 2.40. The number of nitrogens with zero attached hydrogens (tertiary/aromatic N) is 1. The van der Waals surface area contributed by atoms with E-state index in [1.165, 1.54) is 0 Å².